The first-order valence-electron chi connectivity index (χ1n) is 23.1. The number of pyridine rings is 4. The summed E-state index contributed by atoms with van der Waals surface area (Å²) in [5.74, 6) is 3.38. The van der Waals surface area contributed by atoms with E-state index in [9.17, 15) is 0 Å². The van der Waals surface area contributed by atoms with E-state index in [0.29, 0.717) is 0 Å². The van der Waals surface area contributed by atoms with Crippen molar-refractivity contribution in [2.24, 2.45) is 0 Å². The molecule has 10 rings (SSSR count). The molecule has 0 fully saturated rings. The fourth-order valence-electron chi connectivity index (χ4n) is 9.71. The number of aryl methyl sites for hydroxylation is 6. The Hall–Kier alpha value is -8.36. The van der Waals surface area contributed by atoms with Crippen molar-refractivity contribution in [2.75, 3.05) is 0 Å². The van der Waals surface area contributed by atoms with Crippen LogP contribution < -0.4 is 0 Å². The molecule has 8 heterocycles. The average Bonchev–Trinajstić information content (AvgIpc) is 4.07. The van der Waals surface area contributed by atoms with Gasteiger partial charge in [-0.2, -0.15) is 0 Å². The lowest BCUT2D eigenvalue weighted by Gasteiger charge is -2.18. The standard InChI is InChI=1S/C60H54N8/c1-39-25-26-40(2)65(39)57-34-49(54(48-21-13-10-14-22-48)38-51-23-15-17-29-61-51)35-59(63-57)67-43(5)31-52(45(67)7)53-32-44(6)68(46(53)8)60-37-50(36-58(64-60)66-41(3)27-28-42(66)4)55(56-24-16-18-30-62-56)33-47-19-11-9-12-20-47/h9-38H,1-8H3/b54-38+,55-33-. The number of benzene rings is 2. The number of nitrogens with zero attached hydrogens (tertiary/aromatic N) is 8. The molecular weight excluding hydrogens is 833 g/mol. The molecule has 334 valence electrons. The average molecular weight is 887 g/mol. The SMILES string of the molecule is Cc1ccc(C)n1-c1cc(/C(=C/c2ccccc2)c2ccccn2)cc(-n2c(C)cc(-c3cc(C)n(-c4cc(/C(=C/c5ccccn5)c5ccccc5)cc(-n5c(C)ccc5C)n4)c3C)c2C)n1. The molecule has 0 amide bonds. The minimum Gasteiger partial charge on any atom is -0.303 e. The van der Waals surface area contributed by atoms with E-state index in [1.54, 1.807) is 0 Å². The number of rotatable bonds is 11. The molecule has 0 spiro atoms. The molecule has 8 heteroatoms. The van der Waals surface area contributed by atoms with Crippen LogP contribution in [-0.4, -0.2) is 38.2 Å². The molecular formula is C60H54N8. The molecule has 0 aliphatic rings. The van der Waals surface area contributed by atoms with Crippen LogP contribution in [0.5, 0.6) is 0 Å². The van der Waals surface area contributed by atoms with E-state index in [2.05, 4.69) is 207 Å². The molecule has 10 aromatic rings. The van der Waals surface area contributed by atoms with E-state index in [0.717, 1.165) is 125 Å². The second-order valence-electron chi connectivity index (χ2n) is 17.7. The minimum atomic E-state index is 0.833. The van der Waals surface area contributed by atoms with Gasteiger partial charge in [-0.15, -0.1) is 0 Å². The fourth-order valence-corrected chi connectivity index (χ4v) is 9.71. The maximum atomic E-state index is 5.46. The van der Waals surface area contributed by atoms with Crippen molar-refractivity contribution < 1.29 is 0 Å². The summed E-state index contributed by atoms with van der Waals surface area (Å²) in [7, 11) is 0. The van der Waals surface area contributed by atoms with Gasteiger partial charge in [0.1, 0.15) is 23.3 Å². The Morgan fingerprint density at radius 2 is 0.809 bits per heavy atom. The van der Waals surface area contributed by atoms with E-state index < -0.39 is 0 Å². The van der Waals surface area contributed by atoms with E-state index >= 15 is 0 Å². The third kappa shape index (κ3) is 8.26. The highest BCUT2D eigenvalue weighted by Gasteiger charge is 2.23. The second-order valence-corrected chi connectivity index (χ2v) is 17.7. The maximum Gasteiger partial charge on any atom is 0.140 e. The van der Waals surface area contributed by atoms with Crippen LogP contribution >= 0.6 is 0 Å². The first kappa shape index (κ1) is 43.5. The van der Waals surface area contributed by atoms with Crippen molar-refractivity contribution in [3.63, 3.8) is 0 Å². The molecule has 0 aliphatic heterocycles. The van der Waals surface area contributed by atoms with Gasteiger partial charge in [0.25, 0.3) is 0 Å². The fraction of sp³-hybridized carbons (Fsp3) is 0.133. The molecule has 0 N–H and O–H groups in total. The molecule has 8 nitrogen and oxygen atoms in total. The van der Waals surface area contributed by atoms with Crippen LogP contribution in [0.1, 0.15) is 79.2 Å². The Morgan fingerprint density at radius 3 is 1.28 bits per heavy atom. The normalized spacial score (nSPS) is 12.0. The van der Waals surface area contributed by atoms with Crippen LogP contribution in [0.3, 0.4) is 0 Å². The summed E-state index contributed by atoms with van der Waals surface area (Å²) < 4.78 is 9.06. The van der Waals surface area contributed by atoms with Crippen molar-refractivity contribution in [1.29, 1.82) is 0 Å². The predicted octanol–water partition coefficient (Wildman–Crippen LogP) is 13.7. The molecule has 0 radical (unpaired) electrons. The van der Waals surface area contributed by atoms with Gasteiger partial charge in [-0.25, -0.2) is 9.97 Å². The highest BCUT2D eigenvalue weighted by atomic mass is 15.2. The first-order valence-corrected chi connectivity index (χ1v) is 23.1. The highest BCUT2D eigenvalue weighted by molar-refractivity contribution is 5.92. The molecule has 68 heavy (non-hydrogen) atoms. The second kappa shape index (κ2) is 18.1. The molecule has 0 saturated carbocycles. The summed E-state index contributed by atoms with van der Waals surface area (Å²) in [6, 6.07) is 55.1. The van der Waals surface area contributed by atoms with Gasteiger partial charge >= 0.3 is 0 Å². The van der Waals surface area contributed by atoms with E-state index in [4.69, 9.17) is 19.9 Å². The van der Waals surface area contributed by atoms with Crippen LogP contribution in [0.15, 0.2) is 170 Å². The van der Waals surface area contributed by atoms with E-state index in [-0.39, 0.29) is 0 Å². The molecule has 0 unspecified atom stereocenters. The van der Waals surface area contributed by atoms with Gasteiger partial charge in [0.2, 0.25) is 0 Å². The van der Waals surface area contributed by atoms with E-state index in [1.165, 1.54) is 0 Å². The van der Waals surface area contributed by atoms with Crippen LogP contribution in [0.25, 0.3) is 57.7 Å². The lowest BCUT2D eigenvalue weighted by Crippen LogP contribution is -2.09. The zero-order valence-electron chi connectivity index (χ0n) is 39.9. The van der Waals surface area contributed by atoms with Crippen LogP contribution in [0.4, 0.5) is 0 Å². The van der Waals surface area contributed by atoms with Crippen LogP contribution in [0.2, 0.25) is 0 Å². The summed E-state index contributed by atoms with van der Waals surface area (Å²) in [5, 5.41) is 0. The molecule has 0 atom stereocenters. The lowest BCUT2D eigenvalue weighted by atomic mass is 9.97. The molecule has 0 aliphatic carbocycles. The summed E-state index contributed by atoms with van der Waals surface area (Å²) in [6.45, 7) is 17.3. The van der Waals surface area contributed by atoms with Gasteiger partial charge in [0.05, 0.1) is 11.4 Å². The Bertz CT molecular complexity index is 3230. The summed E-state index contributed by atoms with van der Waals surface area (Å²) >= 11 is 0. The van der Waals surface area contributed by atoms with Gasteiger partial charge in [-0.05, 0) is 180 Å². The number of hydrogen-bond donors (Lipinski definition) is 0. The van der Waals surface area contributed by atoms with Crippen molar-refractivity contribution in [3.8, 4) is 34.4 Å². The summed E-state index contributed by atoms with van der Waals surface area (Å²) in [6.07, 6.45) is 8.10. The third-order valence-corrected chi connectivity index (χ3v) is 12.9. The lowest BCUT2D eigenvalue weighted by molar-refractivity contribution is 0.870. The largest absolute Gasteiger partial charge is 0.303 e. The van der Waals surface area contributed by atoms with Crippen molar-refractivity contribution >= 4 is 23.3 Å². The van der Waals surface area contributed by atoms with Crippen molar-refractivity contribution in [2.45, 2.75) is 55.4 Å². The Morgan fingerprint density at radius 1 is 0.368 bits per heavy atom. The van der Waals surface area contributed by atoms with Crippen LogP contribution in [-0.2, 0) is 0 Å². The molecule has 0 saturated heterocycles. The van der Waals surface area contributed by atoms with Gasteiger partial charge in [0, 0.05) is 74.6 Å². The Labute approximate surface area is 399 Å². The minimum absolute atomic E-state index is 0.833. The third-order valence-electron chi connectivity index (χ3n) is 12.9. The zero-order valence-corrected chi connectivity index (χ0v) is 39.9. The zero-order chi connectivity index (χ0) is 47.1. The van der Waals surface area contributed by atoms with Gasteiger partial charge in [-0.3, -0.25) is 9.97 Å². The van der Waals surface area contributed by atoms with Gasteiger partial charge < -0.3 is 18.3 Å². The number of aromatic nitrogens is 8. The quantitative estimate of drug-likeness (QED) is 0.130. The van der Waals surface area contributed by atoms with Crippen molar-refractivity contribution in [1.82, 2.24) is 38.2 Å². The highest BCUT2D eigenvalue weighted by Crippen LogP contribution is 2.37. The Balaban J connectivity index is 1.14. The number of hydrogen-bond acceptors (Lipinski definition) is 4. The smallest absolute Gasteiger partial charge is 0.140 e. The molecule has 0 bridgehead atoms. The van der Waals surface area contributed by atoms with Gasteiger partial charge in [0.15, 0.2) is 0 Å². The Kier molecular flexibility index (Phi) is 11.6. The monoisotopic (exact) mass is 886 g/mol. The first-order chi connectivity index (χ1) is 33.0. The van der Waals surface area contributed by atoms with Crippen LogP contribution in [0, 0.1) is 55.4 Å². The topological polar surface area (TPSA) is 71.3 Å². The van der Waals surface area contributed by atoms with Crippen molar-refractivity contribution in [3.05, 3.63) is 249 Å². The van der Waals surface area contributed by atoms with Gasteiger partial charge in [-0.1, -0.05) is 72.8 Å². The summed E-state index contributed by atoms with van der Waals surface area (Å²) in [4.78, 5) is 20.5. The summed E-state index contributed by atoms with van der Waals surface area (Å²) in [5.41, 5.74) is 19.2. The molecule has 8 aromatic heterocycles. The predicted molar refractivity (Wildman–Crippen MR) is 278 cm³/mol. The molecule has 2 aromatic carbocycles. The van der Waals surface area contributed by atoms with E-state index in [1.807, 2.05) is 48.8 Å². The maximum absolute atomic E-state index is 5.46.